The average molecular weight is 383 g/mol. The van der Waals surface area contributed by atoms with Crippen molar-refractivity contribution in [3.05, 3.63) is 59.7 Å². The highest BCUT2D eigenvalue weighted by Gasteiger charge is 2.39. The van der Waals surface area contributed by atoms with Crippen LogP contribution in [-0.4, -0.2) is 43.7 Å². The first-order valence-electron chi connectivity index (χ1n) is 9.58. The molecule has 28 heavy (non-hydrogen) atoms. The summed E-state index contributed by atoms with van der Waals surface area (Å²) in [5.41, 5.74) is 7.36. The summed E-state index contributed by atoms with van der Waals surface area (Å²) in [6, 6.07) is 16.1. The monoisotopic (exact) mass is 383 g/mol. The van der Waals surface area contributed by atoms with Crippen LogP contribution >= 0.6 is 0 Å². The summed E-state index contributed by atoms with van der Waals surface area (Å²) in [6.45, 7) is 3.05. The second kappa shape index (κ2) is 9.08. The number of hydrogen-bond acceptors (Lipinski definition) is 5. The van der Waals surface area contributed by atoms with Crippen molar-refractivity contribution in [3.63, 3.8) is 0 Å². The van der Waals surface area contributed by atoms with Crippen LogP contribution in [0.15, 0.2) is 48.5 Å². The fraction of sp³-hybridized carbons (Fsp3) is 0.409. The van der Waals surface area contributed by atoms with Gasteiger partial charge < -0.3 is 15.2 Å². The number of nitrogens with two attached hydrogens (primary N) is 1. The van der Waals surface area contributed by atoms with Crippen molar-refractivity contribution in [2.45, 2.75) is 31.5 Å². The molecule has 2 aromatic carbocycles. The lowest BCUT2D eigenvalue weighted by Crippen LogP contribution is -2.60. The number of methoxy groups -OCH3 is 2. The Morgan fingerprint density at radius 2 is 1.82 bits per heavy atom. The van der Waals surface area contributed by atoms with E-state index in [4.69, 9.17) is 15.2 Å². The molecule has 3 N–H and O–H groups in total. The number of rotatable bonds is 8. The third kappa shape index (κ3) is 4.64. The lowest BCUT2D eigenvalue weighted by molar-refractivity contribution is -0.126. The molecule has 2 aromatic rings. The highest BCUT2D eigenvalue weighted by molar-refractivity contribution is 5.84. The number of primary amides is 1. The van der Waals surface area contributed by atoms with E-state index in [0.29, 0.717) is 19.4 Å². The molecule has 0 aromatic heterocycles. The second-order valence-electron chi connectivity index (χ2n) is 7.24. The first-order chi connectivity index (χ1) is 13.6. The summed E-state index contributed by atoms with van der Waals surface area (Å²) < 4.78 is 10.7. The summed E-state index contributed by atoms with van der Waals surface area (Å²) in [5, 5.41) is 3.43. The van der Waals surface area contributed by atoms with Crippen LogP contribution in [-0.2, 0) is 17.9 Å². The molecule has 0 radical (unpaired) electrons. The average Bonchev–Trinajstić information content (AvgIpc) is 2.74. The molecule has 0 bridgehead atoms. The van der Waals surface area contributed by atoms with Gasteiger partial charge in [-0.2, -0.15) is 0 Å². The molecular weight excluding hydrogens is 354 g/mol. The molecule has 6 nitrogen and oxygen atoms in total. The van der Waals surface area contributed by atoms with Gasteiger partial charge >= 0.3 is 0 Å². The number of nitrogens with one attached hydrogen (secondary N) is 1. The Hall–Kier alpha value is -2.57. The van der Waals surface area contributed by atoms with Gasteiger partial charge in [-0.25, -0.2) is 0 Å². The maximum Gasteiger partial charge on any atom is 0.237 e. The van der Waals surface area contributed by atoms with Gasteiger partial charge in [-0.3, -0.25) is 15.0 Å². The molecule has 0 atom stereocenters. The Morgan fingerprint density at radius 1 is 1.11 bits per heavy atom. The van der Waals surface area contributed by atoms with Gasteiger partial charge in [0.05, 0.1) is 14.2 Å². The number of nitrogens with zero attached hydrogens (tertiary/aromatic N) is 1. The molecule has 0 saturated carbocycles. The number of carbonyl (C=O) groups excluding carboxylic acids is 1. The standard InChI is InChI=1S/C22H29N3O3/c1-27-19-9-8-18(20(14-19)28-2)15-24-22(21(23)26)10-12-25(13-11-22)16-17-6-4-3-5-7-17/h3-9,14,24H,10-13,15-16H2,1-2H3,(H2,23,26). The predicted molar refractivity (Wildman–Crippen MR) is 109 cm³/mol. The SMILES string of the molecule is COc1ccc(CNC2(C(N)=O)CCN(Cc3ccccc3)CC2)c(OC)c1. The summed E-state index contributed by atoms with van der Waals surface area (Å²) in [5.74, 6) is 1.17. The first-order valence-corrected chi connectivity index (χ1v) is 9.58. The summed E-state index contributed by atoms with van der Waals surface area (Å²) in [6.07, 6.45) is 1.38. The molecule has 1 aliphatic heterocycles. The first kappa shape index (κ1) is 20.2. The molecule has 1 amide bonds. The summed E-state index contributed by atoms with van der Waals surface area (Å²) in [7, 11) is 3.25. The minimum Gasteiger partial charge on any atom is -0.497 e. The van der Waals surface area contributed by atoms with Gasteiger partial charge in [-0.1, -0.05) is 36.4 Å². The van der Waals surface area contributed by atoms with Crippen molar-refractivity contribution in [2.75, 3.05) is 27.3 Å². The van der Waals surface area contributed by atoms with Gasteiger partial charge in [-0.05, 0) is 24.5 Å². The zero-order valence-electron chi connectivity index (χ0n) is 16.6. The maximum absolute atomic E-state index is 12.3. The van der Waals surface area contributed by atoms with Crippen LogP contribution < -0.4 is 20.5 Å². The molecule has 0 aliphatic carbocycles. The van der Waals surface area contributed by atoms with Crippen molar-refractivity contribution < 1.29 is 14.3 Å². The minimum absolute atomic E-state index is 0.292. The van der Waals surface area contributed by atoms with E-state index in [9.17, 15) is 4.79 Å². The maximum atomic E-state index is 12.3. The fourth-order valence-electron chi connectivity index (χ4n) is 3.71. The molecule has 150 valence electrons. The molecule has 6 heteroatoms. The van der Waals surface area contributed by atoms with Crippen molar-refractivity contribution >= 4 is 5.91 Å². The molecule has 1 fully saturated rings. The van der Waals surface area contributed by atoms with E-state index >= 15 is 0 Å². The minimum atomic E-state index is -0.696. The Kier molecular flexibility index (Phi) is 6.54. The number of ether oxygens (including phenoxy) is 2. The highest BCUT2D eigenvalue weighted by atomic mass is 16.5. The van der Waals surface area contributed by atoms with Gasteiger partial charge in [0.1, 0.15) is 17.0 Å². The van der Waals surface area contributed by atoms with Gasteiger partial charge in [0.2, 0.25) is 5.91 Å². The molecule has 1 saturated heterocycles. The second-order valence-corrected chi connectivity index (χ2v) is 7.24. The number of benzene rings is 2. The van der Waals surface area contributed by atoms with Gasteiger partial charge in [0.25, 0.3) is 0 Å². The smallest absolute Gasteiger partial charge is 0.237 e. The van der Waals surface area contributed by atoms with Gasteiger partial charge in [0, 0.05) is 37.8 Å². The van der Waals surface area contributed by atoms with E-state index in [1.165, 1.54) is 5.56 Å². The van der Waals surface area contributed by atoms with E-state index in [2.05, 4.69) is 34.5 Å². The molecule has 0 unspecified atom stereocenters. The highest BCUT2D eigenvalue weighted by Crippen LogP contribution is 2.28. The molecule has 0 spiro atoms. The van der Waals surface area contributed by atoms with E-state index in [1.54, 1.807) is 14.2 Å². The van der Waals surface area contributed by atoms with Crippen LogP contribution in [0.4, 0.5) is 0 Å². The number of amides is 1. The Bertz CT molecular complexity index is 787. The Morgan fingerprint density at radius 3 is 2.43 bits per heavy atom. The van der Waals surface area contributed by atoms with E-state index in [0.717, 1.165) is 36.7 Å². The van der Waals surface area contributed by atoms with Crippen LogP contribution in [0.25, 0.3) is 0 Å². The largest absolute Gasteiger partial charge is 0.497 e. The quantitative estimate of drug-likeness (QED) is 0.732. The molecular formula is C22H29N3O3. The molecule has 1 aliphatic rings. The molecule has 3 rings (SSSR count). The number of likely N-dealkylation sites (tertiary alicyclic amines) is 1. The van der Waals surface area contributed by atoms with Gasteiger partial charge in [-0.15, -0.1) is 0 Å². The third-order valence-corrected chi connectivity index (χ3v) is 5.54. The van der Waals surface area contributed by atoms with Crippen LogP contribution in [0.5, 0.6) is 11.5 Å². The Labute approximate surface area is 166 Å². The predicted octanol–water partition coefficient (Wildman–Crippen LogP) is 2.31. The van der Waals surface area contributed by atoms with Crippen LogP contribution in [0, 0.1) is 0 Å². The number of piperidine rings is 1. The van der Waals surface area contributed by atoms with Crippen molar-refractivity contribution in [1.82, 2.24) is 10.2 Å². The topological polar surface area (TPSA) is 76.8 Å². The van der Waals surface area contributed by atoms with E-state index in [1.807, 2.05) is 24.3 Å². The van der Waals surface area contributed by atoms with E-state index < -0.39 is 5.54 Å². The van der Waals surface area contributed by atoms with Crippen LogP contribution in [0.2, 0.25) is 0 Å². The number of hydrogen-bond donors (Lipinski definition) is 2. The fourth-order valence-corrected chi connectivity index (χ4v) is 3.71. The lowest BCUT2D eigenvalue weighted by atomic mass is 9.86. The zero-order chi connectivity index (χ0) is 20.0. The van der Waals surface area contributed by atoms with Gasteiger partial charge in [0.15, 0.2) is 0 Å². The Balaban J connectivity index is 1.63. The lowest BCUT2D eigenvalue weighted by Gasteiger charge is -2.40. The number of carbonyl (C=O) groups is 1. The summed E-state index contributed by atoms with van der Waals surface area (Å²) in [4.78, 5) is 14.7. The zero-order valence-corrected chi connectivity index (χ0v) is 16.6. The van der Waals surface area contributed by atoms with E-state index in [-0.39, 0.29) is 5.91 Å². The van der Waals surface area contributed by atoms with Crippen LogP contribution in [0.1, 0.15) is 24.0 Å². The van der Waals surface area contributed by atoms with Crippen molar-refractivity contribution in [1.29, 1.82) is 0 Å². The third-order valence-electron chi connectivity index (χ3n) is 5.54. The summed E-state index contributed by atoms with van der Waals surface area (Å²) >= 11 is 0. The molecule has 1 heterocycles. The normalized spacial score (nSPS) is 16.5. The van der Waals surface area contributed by atoms with Crippen molar-refractivity contribution in [3.8, 4) is 11.5 Å². The van der Waals surface area contributed by atoms with Crippen LogP contribution in [0.3, 0.4) is 0 Å². The van der Waals surface area contributed by atoms with Crippen molar-refractivity contribution in [2.24, 2.45) is 5.73 Å².